The van der Waals surface area contributed by atoms with Gasteiger partial charge in [0, 0.05) is 14.5 Å². The standard InChI is InChI=1S/C16H10ClI/c17-16-13-9-5-4-8-12(13)10-14(18)15(16)11-6-2-1-3-7-11/h1-10H. The first-order valence-electron chi connectivity index (χ1n) is 5.69. The molecule has 0 unspecified atom stereocenters. The number of hydrogen-bond donors (Lipinski definition) is 0. The molecular weight excluding hydrogens is 355 g/mol. The van der Waals surface area contributed by atoms with E-state index in [1.54, 1.807) is 0 Å². The summed E-state index contributed by atoms with van der Waals surface area (Å²) in [6, 6.07) is 20.7. The molecule has 0 atom stereocenters. The molecule has 88 valence electrons. The van der Waals surface area contributed by atoms with Gasteiger partial charge in [0.2, 0.25) is 0 Å². The fourth-order valence-electron chi connectivity index (χ4n) is 2.14. The van der Waals surface area contributed by atoms with Gasteiger partial charge in [0.1, 0.15) is 0 Å². The maximum absolute atomic E-state index is 6.58. The molecule has 3 rings (SSSR count). The molecule has 0 nitrogen and oxygen atoms in total. The van der Waals surface area contributed by atoms with Gasteiger partial charge in [-0.15, -0.1) is 0 Å². The molecule has 0 amide bonds. The van der Waals surface area contributed by atoms with Gasteiger partial charge in [-0.05, 0) is 39.6 Å². The molecule has 0 fully saturated rings. The van der Waals surface area contributed by atoms with Crippen LogP contribution in [0, 0.1) is 3.57 Å². The largest absolute Gasteiger partial charge is 0.0829 e. The molecule has 0 heterocycles. The van der Waals surface area contributed by atoms with Crippen molar-refractivity contribution >= 4 is 45.0 Å². The fourth-order valence-corrected chi connectivity index (χ4v) is 3.60. The van der Waals surface area contributed by atoms with E-state index in [-0.39, 0.29) is 0 Å². The molecule has 0 spiro atoms. The highest BCUT2D eigenvalue weighted by Gasteiger charge is 2.11. The Balaban J connectivity index is 2.37. The van der Waals surface area contributed by atoms with E-state index in [0.29, 0.717) is 0 Å². The van der Waals surface area contributed by atoms with Crippen LogP contribution in [0.2, 0.25) is 5.02 Å². The second-order valence-electron chi connectivity index (χ2n) is 4.13. The van der Waals surface area contributed by atoms with Crippen LogP contribution in [0.5, 0.6) is 0 Å². The molecule has 2 heteroatoms. The molecule has 0 saturated heterocycles. The van der Waals surface area contributed by atoms with Crippen molar-refractivity contribution in [1.29, 1.82) is 0 Å². The van der Waals surface area contributed by atoms with Crippen LogP contribution in [-0.4, -0.2) is 0 Å². The highest BCUT2D eigenvalue weighted by atomic mass is 127. The molecule has 0 aliphatic carbocycles. The number of hydrogen-bond acceptors (Lipinski definition) is 0. The van der Waals surface area contributed by atoms with Crippen molar-refractivity contribution in [2.45, 2.75) is 0 Å². The highest BCUT2D eigenvalue weighted by Crippen LogP contribution is 2.37. The van der Waals surface area contributed by atoms with Crippen molar-refractivity contribution in [3.63, 3.8) is 0 Å². The second-order valence-corrected chi connectivity index (χ2v) is 5.67. The quantitative estimate of drug-likeness (QED) is 0.481. The zero-order chi connectivity index (χ0) is 12.5. The summed E-state index contributed by atoms with van der Waals surface area (Å²) in [6.45, 7) is 0. The average molecular weight is 365 g/mol. The third kappa shape index (κ3) is 2.02. The van der Waals surface area contributed by atoms with E-state index in [1.807, 2.05) is 30.3 Å². The molecule has 0 aromatic heterocycles. The summed E-state index contributed by atoms with van der Waals surface area (Å²) < 4.78 is 1.18. The van der Waals surface area contributed by atoms with E-state index < -0.39 is 0 Å². The summed E-state index contributed by atoms with van der Waals surface area (Å²) in [4.78, 5) is 0. The molecule has 0 aliphatic rings. The Kier molecular flexibility index (Phi) is 3.27. The normalized spacial score (nSPS) is 10.8. The summed E-state index contributed by atoms with van der Waals surface area (Å²) in [5, 5.41) is 3.13. The van der Waals surface area contributed by atoms with Crippen molar-refractivity contribution < 1.29 is 0 Å². The van der Waals surface area contributed by atoms with Crippen LogP contribution in [0.4, 0.5) is 0 Å². The number of benzene rings is 3. The van der Waals surface area contributed by atoms with Gasteiger partial charge < -0.3 is 0 Å². The Morgan fingerprint density at radius 1 is 0.833 bits per heavy atom. The first-order valence-corrected chi connectivity index (χ1v) is 7.15. The predicted octanol–water partition coefficient (Wildman–Crippen LogP) is 5.76. The van der Waals surface area contributed by atoms with E-state index in [0.717, 1.165) is 21.5 Å². The van der Waals surface area contributed by atoms with E-state index in [1.165, 1.54) is 8.96 Å². The van der Waals surface area contributed by atoms with Gasteiger partial charge in [-0.3, -0.25) is 0 Å². The Morgan fingerprint density at radius 3 is 2.28 bits per heavy atom. The van der Waals surface area contributed by atoms with Gasteiger partial charge >= 0.3 is 0 Å². The summed E-state index contributed by atoms with van der Waals surface area (Å²) >= 11 is 8.93. The lowest BCUT2D eigenvalue weighted by Gasteiger charge is -2.11. The van der Waals surface area contributed by atoms with Crippen LogP contribution >= 0.6 is 34.2 Å². The summed E-state index contributed by atoms with van der Waals surface area (Å²) in [7, 11) is 0. The van der Waals surface area contributed by atoms with Crippen LogP contribution in [0.3, 0.4) is 0 Å². The number of fused-ring (bicyclic) bond motifs is 1. The maximum atomic E-state index is 6.58. The zero-order valence-electron chi connectivity index (χ0n) is 9.53. The molecule has 0 aliphatic heterocycles. The van der Waals surface area contributed by atoms with Crippen LogP contribution in [0.1, 0.15) is 0 Å². The Hall–Kier alpha value is -1.06. The first-order chi connectivity index (χ1) is 8.77. The molecule has 0 bridgehead atoms. The molecule has 3 aromatic carbocycles. The molecule has 0 saturated carbocycles. The summed E-state index contributed by atoms with van der Waals surface area (Å²) in [6.07, 6.45) is 0. The Labute approximate surface area is 125 Å². The fraction of sp³-hybridized carbons (Fsp3) is 0. The maximum Gasteiger partial charge on any atom is 0.0573 e. The topological polar surface area (TPSA) is 0 Å². The van der Waals surface area contributed by atoms with E-state index in [2.05, 4.69) is 52.9 Å². The van der Waals surface area contributed by atoms with E-state index >= 15 is 0 Å². The smallest absolute Gasteiger partial charge is 0.0573 e. The summed E-state index contributed by atoms with van der Waals surface area (Å²) in [5.74, 6) is 0. The number of rotatable bonds is 1. The van der Waals surface area contributed by atoms with Gasteiger partial charge in [-0.1, -0.05) is 66.2 Å². The molecule has 0 N–H and O–H groups in total. The zero-order valence-corrected chi connectivity index (χ0v) is 12.4. The van der Waals surface area contributed by atoms with Crippen LogP contribution < -0.4 is 0 Å². The molecule has 3 aromatic rings. The van der Waals surface area contributed by atoms with Crippen molar-refractivity contribution in [3.05, 3.63) is 69.3 Å². The Bertz CT molecular complexity index is 705. The van der Waals surface area contributed by atoms with Crippen molar-refractivity contribution in [1.82, 2.24) is 0 Å². The van der Waals surface area contributed by atoms with Crippen LogP contribution in [-0.2, 0) is 0 Å². The van der Waals surface area contributed by atoms with Gasteiger partial charge in [0.15, 0.2) is 0 Å². The summed E-state index contributed by atoms with van der Waals surface area (Å²) in [5.41, 5.74) is 2.29. The number of halogens is 2. The van der Waals surface area contributed by atoms with Crippen molar-refractivity contribution in [2.75, 3.05) is 0 Å². The average Bonchev–Trinajstić information content (AvgIpc) is 2.40. The van der Waals surface area contributed by atoms with Gasteiger partial charge in [-0.2, -0.15) is 0 Å². The SMILES string of the molecule is Clc1c(-c2ccccc2)c(I)cc2ccccc12. The van der Waals surface area contributed by atoms with Gasteiger partial charge in [-0.25, -0.2) is 0 Å². The monoisotopic (exact) mass is 364 g/mol. The third-order valence-electron chi connectivity index (χ3n) is 3.00. The van der Waals surface area contributed by atoms with Crippen LogP contribution in [0.25, 0.3) is 21.9 Å². The van der Waals surface area contributed by atoms with Crippen molar-refractivity contribution in [3.8, 4) is 11.1 Å². The molecule has 0 radical (unpaired) electrons. The second kappa shape index (κ2) is 4.90. The van der Waals surface area contributed by atoms with Gasteiger partial charge in [0.05, 0.1) is 5.02 Å². The lowest BCUT2D eigenvalue weighted by atomic mass is 10.0. The molecule has 18 heavy (non-hydrogen) atoms. The van der Waals surface area contributed by atoms with Gasteiger partial charge in [0.25, 0.3) is 0 Å². The van der Waals surface area contributed by atoms with Crippen molar-refractivity contribution in [2.24, 2.45) is 0 Å². The highest BCUT2D eigenvalue weighted by molar-refractivity contribution is 14.1. The minimum absolute atomic E-state index is 0.837. The third-order valence-corrected chi connectivity index (χ3v) is 4.24. The van der Waals surface area contributed by atoms with E-state index in [9.17, 15) is 0 Å². The first kappa shape index (κ1) is 12.0. The predicted molar refractivity (Wildman–Crippen MR) is 87.1 cm³/mol. The molecular formula is C16H10ClI. The van der Waals surface area contributed by atoms with Crippen LogP contribution in [0.15, 0.2) is 60.7 Å². The Morgan fingerprint density at radius 2 is 1.50 bits per heavy atom. The lowest BCUT2D eigenvalue weighted by molar-refractivity contribution is 1.61. The minimum atomic E-state index is 0.837. The minimum Gasteiger partial charge on any atom is -0.0829 e. The lowest BCUT2D eigenvalue weighted by Crippen LogP contribution is -1.86. The van der Waals surface area contributed by atoms with E-state index in [4.69, 9.17) is 11.6 Å².